The minimum absolute atomic E-state index is 0.0286. The summed E-state index contributed by atoms with van der Waals surface area (Å²) in [5.41, 5.74) is 5.34. The maximum atomic E-state index is 14.4. The predicted molar refractivity (Wildman–Crippen MR) is 123 cm³/mol. The molecule has 1 aromatic heterocycles. The van der Waals surface area contributed by atoms with E-state index < -0.39 is 5.82 Å². The highest BCUT2D eigenvalue weighted by Gasteiger charge is 2.21. The quantitative estimate of drug-likeness (QED) is 0.300. The highest BCUT2D eigenvalue weighted by molar-refractivity contribution is 6.36. The largest absolute Gasteiger partial charge is 0.308 e. The van der Waals surface area contributed by atoms with E-state index in [2.05, 4.69) is 88.6 Å². The molecule has 0 amide bonds. The molecule has 0 aliphatic heterocycles. The predicted octanol–water partition coefficient (Wildman–Crippen LogP) is 8.17. The van der Waals surface area contributed by atoms with Crippen molar-refractivity contribution in [1.82, 2.24) is 4.57 Å². The van der Waals surface area contributed by atoms with Crippen LogP contribution in [0, 0.1) is 5.82 Å². The summed E-state index contributed by atoms with van der Waals surface area (Å²) in [5.74, 6) is -0.398. The molecule has 0 saturated heterocycles. The molecule has 0 radical (unpaired) electrons. The average molecular weight is 408 g/mol. The Morgan fingerprint density at radius 2 is 1.31 bits per heavy atom. The van der Waals surface area contributed by atoms with Crippen LogP contribution in [0.2, 0.25) is 5.02 Å². The number of benzene rings is 3. The molecule has 0 unspecified atom stereocenters. The van der Waals surface area contributed by atoms with E-state index in [9.17, 15) is 4.39 Å². The van der Waals surface area contributed by atoms with Gasteiger partial charge in [0, 0.05) is 16.5 Å². The van der Waals surface area contributed by atoms with Crippen LogP contribution in [0.25, 0.3) is 27.5 Å². The van der Waals surface area contributed by atoms with Crippen molar-refractivity contribution in [2.24, 2.45) is 0 Å². The van der Waals surface area contributed by atoms with Crippen molar-refractivity contribution in [2.75, 3.05) is 0 Å². The lowest BCUT2D eigenvalue weighted by Crippen LogP contribution is -2.11. The van der Waals surface area contributed by atoms with Gasteiger partial charge in [-0.05, 0) is 58.4 Å². The van der Waals surface area contributed by atoms with Crippen molar-refractivity contribution in [3.63, 3.8) is 0 Å². The molecular formula is C26H27ClFN. The Bertz CT molecular complexity index is 1220. The van der Waals surface area contributed by atoms with E-state index in [0.29, 0.717) is 0 Å². The van der Waals surface area contributed by atoms with Crippen LogP contribution in [0.1, 0.15) is 52.7 Å². The molecule has 150 valence electrons. The highest BCUT2D eigenvalue weighted by Crippen LogP contribution is 2.39. The molecule has 0 aliphatic rings. The maximum Gasteiger partial charge on any atom is 0.143 e. The first kappa shape index (κ1) is 20.0. The van der Waals surface area contributed by atoms with Gasteiger partial charge in [0.15, 0.2) is 0 Å². The van der Waals surface area contributed by atoms with Gasteiger partial charge in [0.2, 0.25) is 0 Å². The molecule has 1 heterocycles. The van der Waals surface area contributed by atoms with Gasteiger partial charge in [-0.15, -0.1) is 0 Å². The van der Waals surface area contributed by atoms with Gasteiger partial charge in [0.1, 0.15) is 10.8 Å². The van der Waals surface area contributed by atoms with E-state index in [0.717, 1.165) is 27.5 Å². The molecule has 1 nitrogen and oxygen atoms in total. The first-order valence-corrected chi connectivity index (χ1v) is 10.4. The fraction of sp³-hybridized carbons (Fsp3) is 0.308. The third-order valence-electron chi connectivity index (χ3n) is 5.68. The average Bonchev–Trinajstić information content (AvgIpc) is 2.98. The second-order valence-electron chi connectivity index (χ2n) is 9.87. The van der Waals surface area contributed by atoms with E-state index in [-0.39, 0.29) is 15.9 Å². The Kier molecular flexibility index (Phi) is 4.55. The second kappa shape index (κ2) is 6.60. The molecule has 0 bridgehead atoms. The summed E-state index contributed by atoms with van der Waals surface area (Å²) < 4.78 is 16.5. The van der Waals surface area contributed by atoms with Gasteiger partial charge in [-0.25, -0.2) is 4.39 Å². The molecule has 3 aromatic carbocycles. The van der Waals surface area contributed by atoms with Crippen molar-refractivity contribution in [3.8, 4) is 5.69 Å². The third-order valence-corrected chi connectivity index (χ3v) is 6.04. The fourth-order valence-electron chi connectivity index (χ4n) is 3.89. The summed E-state index contributed by atoms with van der Waals surface area (Å²) in [5, 5.41) is 2.22. The van der Waals surface area contributed by atoms with Crippen LogP contribution >= 0.6 is 11.6 Å². The number of rotatable bonds is 1. The Balaban J connectivity index is 2.07. The van der Waals surface area contributed by atoms with E-state index >= 15 is 0 Å². The number of nitrogens with zero attached hydrogens (tertiary/aromatic N) is 1. The minimum Gasteiger partial charge on any atom is -0.308 e. The summed E-state index contributed by atoms with van der Waals surface area (Å²) in [6, 6.07) is 18.3. The zero-order valence-corrected chi connectivity index (χ0v) is 18.7. The van der Waals surface area contributed by atoms with Gasteiger partial charge in [0.25, 0.3) is 0 Å². The van der Waals surface area contributed by atoms with Crippen molar-refractivity contribution in [3.05, 3.63) is 76.6 Å². The van der Waals surface area contributed by atoms with Crippen LogP contribution in [-0.2, 0) is 10.8 Å². The summed E-state index contributed by atoms with van der Waals surface area (Å²) in [6.45, 7) is 13.2. The topological polar surface area (TPSA) is 4.93 Å². The Morgan fingerprint density at radius 1 is 0.724 bits per heavy atom. The van der Waals surface area contributed by atoms with Crippen molar-refractivity contribution in [2.45, 2.75) is 52.4 Å². The first-order valence-electron chi connectivity index (χ1n) is 10.0. The number of hydrogen-bond acceptors (Lipinski definition) is 0. The van der Waals surface area contributed by atoms with Crippen molar-refractivity contribution in [1.29, 1.82) is 0 Å². The molecule has 0 N–H and O–H groups in total. The zero-order chi connectivity index (χ0) is 21.1. The fourth-order valence-corrected chi connectivity index (χ4v) is 4.14. The molecule has 0 atom stereocenters. The van der Waals surface area contributed by atoms with E-state index in [4.69, 9.17) is 11.6 Å². The summed E-state index contributed by atoms with van der Waals surface area (Å²) >= 11 is 6.49. The van der Waals surface area contributed by atoms with Crippen LogP contribution in [0.15, 0.2) is 54.6 Å². The number of aromatic nitrogens is 1. The number of hydrogen-bond donors (Lipinski definition) is 0. The van der Waals surface area contributed by atoms with Crippen LogP contribution in [0.5, 0.6) is 0 Å². The van der Waals surface area contributed by atoms with Gasteiger partial charge < -0.3 is 4.57 Å². The van der Waals surface area contributed by atoms with Gasteiger partial charge >= 0.3 is 0 Å². The third kappa shape index (κ3) is 3.34. The lowest BCUT2D eigenvalue weighted by Gasteiger charge is -2.20. The Labute approximate surface area is 177 Å². The second-order valence-corrected chi connectivity index (χ2v) is 10.2. The lowest BCUT2D eigenvalue weighted by molar-refractivity contribution is 0.590. The van der Waals surface area contributed by atoms with Crippen LogP contribution < -0.4 is 0 Å². The molecule has 4 rings (SSSR count). The van der Waals surface area contributed by atoms with Crippen LogP contribution in [0.4, 0.5) is 4.39 Å². The van der Waals surface area contributed by atoms with Crippen molar-refractivity contribution >= 4 is 33.4 Å². The standard InChI is InChI=1S/C26H27ClFN/c1-25(2,3)16-7-10-18(11-8-16)29-22-14-9-17(26(4,5)6)15-20(22)19-12-13-21(28)23(27)24(19)29/h7-15H,1-6H3. The molecule has 0 saturated carbocycles. The number of halogens is 2. The van der Waals surface area contributed by atoms with Gasteiger partial charge in [-0.2, -0.15) is 0 Å². The maximum absolute atomic E-state index is 14.4. The SMILES string of the molecule is CC(C)(C)c1ccc(-n2c3ccc(C(C)(C)C)cc3c3ccc(F)c(Cl)c32)cc1. The lowest BCUT2D eigenvalue weighted by atomic mass is 9.86. The van der Waals surface area contributed by atoms with E-state index in [1.165, 1.54) is 17.2 Å². The highest BCUT2D eigenvalue weighted by atomic mass is 35.5. The minimum atomic E-state index is -0.398. The van der Waals surface area contributed by atoms with Gasteiger partial charge in [0.05, 0.1) is 11.0 Å². The summed E-state index contributed by atoms with van der Waals surface area (Å²) in [7, 11) is 0. The summed E-state index contributed by atoms with van der Waals surface area (Å²) in [4.78, 5) is 0. The Morgan fingerprint density at radius 3 is 1.90 bits per heavy atom. The summed E-state index contributed by atoms with van der Waals surface area (Å²) in [6.07, 6.45) is 0. The molecule has 0 aliphatic carbocycles. The monoisotopic (exact) mass is 407 g/mol. The van der Waals surface area contributed by atoms with E-state index in [1.807, 2.05) is 6.07 Å². The molecule has 29 heavy (non-hydrogen) atoms. The smallest absolute Gasteiger partial charge is 0.143 e. The van der Waals surface area contributed by atoms with Crippen molar-refractivity contribution < 1.29 is 4.39 Å². The normalized spacial score (nSPS) is 12.8. The van der Waals surface area contributed by atoms with E-state index in [1.54, 1.807) is 0 Å². The Hall–Kier alpha value is -2.32. The first-order chi connectivity index (χ1) is 13.5. The van der Waals surface area contributed by atoms with Crippen LogP contribution in [-0.4, -0.2) is 4.57 Å². The molecule has 4 aromatic rings. The zero-order valence-electron chi connectivity index (χ0n) is 17.9. The van der Waals surface area contributed by atoms with Crippen LogP contribution in [0.3, 0.4) is 0 Å². The molecule has 3 heteroatoms. The molecule has 0 fully saturated rings. The molecule has 0 spiro atoms. The molecular weight excluding hydrogens is 381 g/mol. The van der Waals surface area contributed by atoms with Gasteiger partial charge in [-0.3, -0.25) is 0 Å². The van der Waals surface area contributed by atoms with Gasteiger partial charge in [-0.1, -0.05) is 71.3 Å². The number of fused-ring (bicyclic) bond motifs is 3.